The summed E-state index contributed by atoms with van der Waals surface area (Å²) in [5.41, 5.74) is 2.91. The molecule has 0 spiro atoms. The normalized spacial score (nSPS) is 19.7. The van der Waals surface area contributed by atoms with Crippen LogP contribution in [0.3, 0.4) is 0 Å². The molecule has 1 atom stereocenters. The Morgan fingerprint density at radius 3 is 2.74 bits per heavy atom. The minimum Gasteiger partial charge on any atom is -0.493 e. The standard InChI is InChI=1S/C21H28N2O3S/c1-4-11-23-15-7-6-8-16(24)19(15)20(22-21(23)27)14-9-10-17(26-12-5-2)18(13-14)25-3/h9-10,13,20H,4-8,11-12H2,1-3H3,(H,22,27). The minimum absolute atomic E-state index is 0.211. The van der Waals surface area contributed by atoms with Crippen molar-refractivity contribution in [2.45, 2.75) is 52.0 Å². The van der Waals surface area contributed by atoms with Crippen LogP contribution in [0.1, 0.15) is 57.6 Å². The highest BCUT2D eigenvalue weighted by Crippen LogP contribution is 2.39. The molecular weight excluding hydrogens is 360 g/mol. The minimum atomic E-state index is -0.234. The number of allylic oxidation sites excluding steroid dienone is 1. The van der Waals surface area contributed by atoms with Gasteiger partial charge in [0.25, 0.3) is 0 Å². The van der Waals surface area contributed by atoms with E-state index in [0.29, 0.717) is 23.9 Å². The van der Waals surface area contributed by atoms with Gasteiger partial charge in [0.15, 0.2) is 22.4 Å². The van der Waals surface area contributed by atoms with Gasteiger partial charge in [0.1, 0.15) is 0 Å². The predicted octanol–water partition coefficient (Wildman–Crippen LogP) is 4.13. The van der Waals surface area contributed by atoms with Gasteiger partial charge in [-0.2, -0.15) is 0 Å². The van der Waals surface area contributed by atoms with Gasteiger partial charge in [-0.05, 0) is 55.6 Å². The van der Waals surface area contributed by atoms with E-state index < -0.39 is 0 Å². The van der Waals surface area contributed by atoms with E-state index in [1.165, 1.54) is 0 Å². The molecule has 0 aromatic heterocycles. The lowest BCUT2D eigenvalue weighted by Gasteiger charge is -2.41. The summed E-state index contributed by atoms with van der Waals surface area (Å²) in [6, 6.07) is 5.63. The van der Waals surface area contributed by atoms with E-state index in [4.69, 9.17) is 21.7 Å². The highest BCUT2D eigenvalue weighted by atomic mass is 32.1. The van der Waals surface area contributed by atoms with Gasteiger partial charge >= 0.3 is 0 Å². The van der Waals surface area contributed by atoms with E-state index in [9.17, 15) is 4.79 Å². The van der Waals surface area contributed by atoms with Gasteiger partial charge in [0, 0.05) is 24.2 Å². The summed E-state index contributed by atoms with van der Waals surface area (Å²) in [5, 5.41) is 4.09. The molecule has 3 rings (SSSR count). The van der Waals surface area contributed by atoms with Gasteiger partial charge in [-0.15, -0.1) is 0 Å². The van der Waals surface area contributed by atoms with Crippen LogP contribution in [0.5, 0.6) is 11.5 Å². The van der Waals surface area contributed by atoms with Crippen LogP contribution >= 0.6 is 12.2 Å². The van der Waals surface area contributed by atoms with Gasteiger partial charge in [-0.25, -0.2) is 0 Å². The van der Waals surface area contributed by atoms with Crippen molar-refractivity contribution in [2.75, 3.05) is 20.3 Å². The van der Waals surface area contributed by atoms with Crippen LogP contribution in [0.25, 0.3) is 0 Å². The molecule has 1 aliphatic carbocycles. The maximum absolute atomic E-state index is 12.8. The Bertz CT molecular complexity index is 760. The molecule has 27 heavy (non-hydrogen) atoms. The molecule has 1 unspecified atom stereocenters. The molecule has 6 heteroatoms. The van der Waals surface area contributed by atoms with Crippen molar-refractivity contribution < 1.29 is 14.3 Å². The fourth-order valence-corrected chi connectivity index (χ4v) is 4.08. The molecule has 0 bridgehead atoms. The average Bonchev–Trinajstić information content (AvgIpc) is 2.68. The van der Waals surface area contributed by atoms with Crippen LogP contribution in [0.2, 0.25) is 0 Å². The van der Waals surface area contributed by atoms with Crippen molar-refractivity contribution >= 4 is 23.1 Å². The monoisotopic (exact) mass is 388 g/mol. The van der Waals surface area contributed by atoms with Crippen LogP contribution in [-0.2, 0) is 4.79 Å². The molecule has 0 saturated heterocycles. The number of hydrogen-bond donors (Lipinski definition) is 1. The topological polar surface area (TPSA) is 50.8 Å². The smallest absolute Gasteiger partial charge is 0.173 e. The summed E-state index contributed by atoms with van der Waals surface area (Å²) >= 11 is 5.63. The number of carbonyl (C=O) groups excluding carboxylic acids is 1. The Kier molecular flexibility index (Phi) is 6.37. The summed E-state index contributed by atoms with van der Waals surface area (Å²) in [5.74, 6) is 1.61. The number of ether oxygens (including phenoxy) is 2. The SMILES string of the molecule is CCCOc1ccc(C2NC(=S)N(CCC)C3=C2C(=O)CCC3)cc1OC. The Morgan fingerprint density at radius 2 is 2.04 bits per heavy atom. The Labute approximate surface area is 166 Å². The average molecular weight is 389 g/mol. The van der Waals surface area contributed by atoms with E-state index in [0.717, 1.165) is 54.8 Å². The number of ketones is 1. The van der Waals surface area contributed by atoms with Crippen molar-refractivity contribution in [3.63, 3.8) is 0 Å². The van der Waals surface area contributed by atoms with Crippen molar-refractivity contribution in [2.24, 2.45) is 0 Å². The van der Waals surface area contributed by atoms with E-state index in [-0.39, 0.29) is 11.8 Å². The van der Waals surface area contributed by atoms with E-state index >= 15 is 0 Å². The molecule has 1 aliphatic heterocycles. The Morgan fingerprint density at radius 1 is 1.22 bits per heavy atom. The molecule has 1 heterocycles. The number of benzene rings is 1. The first-order chi connectivity index (χ1) is 13.1. The molecule has 0 fully saturated rings. The third-order valence-electron chi connectivity index (χ3n) is 4.99. The van der Waals surface area contributed by atoms with Crippen LogP contribution in [0, 0.1) is 0 Å². The molecule has 1 N–H and O–H groups in total. The number of methoxy groups -OCH3 is 1. The van der Waals surface area contributed by atoms with Crippen LogP contribution in [-0.4, -0.2) is 36.1 Å². The van der Waals surface area contributed by atoms with Crippen LogP contribution in [0.4, 0.5) is 0 Å². The first-order valence-electron chi connectivity index (χ1n) is 9.75. The largest absolute Gasteiger partial charge is 0.493 e. The quantitative estimate of drug-likeness (QED) is 0.709. The number of nitrogens with zero attached hydrogens (tertiary/aromatic N) is 1. The van der Waals surface area contributed by atoms with Gasteiger partial charge < -0.3 is 19.7 Å². The number of Topliss-reactive ketones (excluding diaryl/α,β-unsaturated/α-hetero) is 1. The second-order valence-corrected chi connectivity index (χ2v) is 7.32. The molecule has 146 valence electrons. The predicted molar refractivity (Wildman–Crippen MR) is 110 cm³/mol. The highest BCUT2D eigenvalue weighted by Gasteiger charge is 2.37. The summed E-state index contributed by atoms with van der Waals surface area (Å²) in [6.45, 7) is 5.66. The lowest BCUT2D eigenvalue weighted by atomic mass is 9.84. The first kappa shape index (κ1) is 19.7. The summed E-state index contributed by atoms with van der Waals surface area (Å²) in [7, 11) is 1.64. The third kappa shape index (κ3) is 3.95. The lowest BCUT2D eigenvalue weighted by Crippen LogP contribution is -2.49. The van der Waals surface area contributed by atoms with Gasteiger partial charge in [-0.1, -0.05) is 19.9 Å². The zero-order valence-corrected chi connectivity index (χ0v) is 17.2. The van der Waals surface area contributed by atoms with Gasteiger partial charge in [-0.3, -0.25) is 4.79 Å². The number of hydrogen-bond acceptors (Lipinski definition) is 4. The molecule has 1 aromatic carbocycles. The van der Waals surface area contributed by atoms with E-state index in [1.807, 2.05) is 18.2 Å². The summed E-state index contributed by atoms with van der Waals surface area (Å²) < 4.78 is 11.3. The number of rotatable bonds is 7. The molecule has 5 nitrogen and oxygen atoms in total. The van der Waals surface area contributed by atoms with E-state index in [2.05, 4.69) is 24.1 Å². The lowest BCUT2D eigenvalue weighted by molar-refractivity contribution is -0.116. The fraction of sp³-hybridized carbons (Fsp3) is 0.524. The zero-order valence-electron chi connectivity index (χ0n) is 16.3. The molecule has 0 amide bonds. The number of nitrogens with one attached hydrogen (secondary N) is 1. The maximum Gasteiger partial charge on any atom is 0.173 e. The third-order valence-corrected chi connectivity index (χ3v) is 5.32. The Hall–Kier alpha value is -2.08. The highest BCUT2D eigenvalue weighted by molar-refractivity contribution is 7.80. The van der Waals surface area contributed by atoms with Crippen molar-refractivity contribution in [1.82, 2.24) is 10.2 Å². The van der Waals surface area contributed by atoms with Gasteiger partial charge in [0.05, 0.1) is 19.8 Å². The summed E-state index contributed by atoms with van der Waals surface area (Å²) in [4.78, 5) is 14.9. The van der Waals surface area contributed by atoms with Crippen LogP contribution < -0.4 is 14.8 Å². The fourth-order valence-electron chi connectivity index (χ4n) is 3.76. The van der Waals surface area contributed by atoms with Crippen molar-refractivity contribution in [3.8, 4) is 11.5 Å². The van der Waals surface area contributed by atoms with E-state index in [1.54, 1.807) is 7.11 Å². The van der Waals surface area contributed by atoms with Gasteiger partial charge in [0.2, 0.25) is 0 Å². The number of carbonyl (C=O) groups is 1. The first-order valence-corrected chi connectivity index (χ1v) is 10.2. The second-order valence-electron chi connectivity index (χ2n) is 6.93. The van der Waals surface area contributed by atoms with Crippen molar-refractivity contribution in [1.29, 1.82) is 0 Å². The molecular formula is C21H28N2O3S. The zero-order chi connectivity index (χ0) is 19.4. The molecule has 0 saturated carbocycles. The molecule has 1 aromatic rings. The number of thiocarbonyl (C=S) groups is 1. The Balaban J connectivity index is 2.01. The van der Waals surface area contributed by atoms with Crippen LogP contribution in [0.15, 0.2) is 29.5 Å². The maximum atomic E-state index is 12.8. The molecule has 0 radical (unpaired) electrons. The van der Waals surface area contributed by atoms with Crippen molar-refractivity contribution in [3.05, 3.63) is 35.0 Å². The second kappa shape index (κ2) is 8.74. The molecule has 2 aliphatic rings. The summed E-state index contributed by atoms with van der Waals surface area (Å²) in [6.07, 6.45) is 4.29.